The van der Waals surface area contributed by atoms with Crippen LogP contribution in [0.2, 0.25) is 0 Å². The van der Waals surface area contributed by atoms with Gasteiger partial charge in [0.25, 0.3) is 5.69 Å². The van der Waals surface area contributed by atoms with Crippen molar-refractivity contribution in [3.63, 3.8) is 0 Å². The smallest absolute Gasteiger partial charge is 0.316 e. The molecule has 0 unspecified atom stereocenters. The number of hydrogen-bond acceptors (Lipinski definition) is 5. The fraction of sp³-hybridized carbons (Fsp3) is 0.538. The third-order valence-corrected chi connectivity index (χ3v) is 6.34. The zero-order valence-electron chi connectivity index (χ0n) is 12.3. The number of nitrogens with zero attached hydrogens (tertiary/aromatic N) is 2. The molecule has 0 bridgehead atoms. The highest BCUT2D eigenvalue weighted by Gasteiger charge is 2.45. The monoisotopic (exact) mass is 365 g/mol. The Morgan fingerprint density at radius 3 is 2.29 bits per heavy atom. The maximum absolute atomic E-state index is 13.2. The van der Waals surface area contributed by atoms with Crippen molar-refractivity contribution in [3.05, 3.63) is 33.9 Å². The quantitative estimate of drug-likeness (QED) is 0.647. The Bertz CT molecular complexity index is 769. The van der Waals surface area contributed by atoms with Crippen LogP contribution in [0.1, 0.15) is 5.56 Å². The number of nitro benzene ring substituents is 1. The molecule has 2 saturated heterocycles. The van der Waals surface area contributed by atoms with Crippen molar-refractivity contribution in [1.82, 2.24) is 9.62 Å². The molecule has 2 aliphatic heterocycles. The second kappa shape index (κ2) is 5.67. The maximum Gasteiger partial charge on any atom is 0.417 e. The number of halogens is 3. The molecule has 3 rings (SSSR count). The van der Waals surface area contributed by atoms with E-state index in [0.717, 1.165) is 10.4 Å². The van der Waals surface area contributed by atoms with Gasteiger partial charge >= 0.3 is 6.18 Å². The Morgan fingerprint density at radius 2 is 1.79 bits per heavy atom. The molecular weight excluding hydrogens is 351 g/mol. The molecule has 7 nitrogen and oxygen atoms in total. The molecule has 2 fully saturated rings. The van der Waals surface area contributed by atoms with Crippen LogP contribution in [0.15, 0.2) is 23.1 Å². The minimum Gasteiger partial charge on any atom is -0.316 e. The molecule has 0 aliphatic carbocycles. The summed E-state index contributed by atoms with van der Waals surface area (Å²) in [6.07, 6.45) is -5.01. The summed E-state index contributed by atoms with van der Waals surface area (Å²) in [5.74, 6) is 0.152. The SMILES string of the molecule is O=[N+]([O-])c1ccc(S(=O)(=O)N2C[C@H]3CNC[C@H]3C2)c(C(F)(F)F)c1. The Labute approximate surface area is 135 Å². The first kappa shape index (κ1) is 17.1. The molecule has 0 aromatic heterocycles. The van der Waals surface area contributed by atoms with Crippen LogP contribution < -0.4 is 5.32 Å². The average Bonchev–Trinajstić information content (AvgIpc) is 3.07. The standard InChI is InChI=1S/C13H14F3N3O4S/c14-13(15,16)11-3-10(19(20)21)1-2-12(11)24(22,23)18-6-8-4-17-5-9(8)7-18/h1-3,8-9,17H,4-7H2/t8-,9+. The molecule has 24 heavy (non-hydrogen) atoms. The lowest BCUT2D eigenvalue weighted by atomic mass is 10.0. The van der Waals surface area contributed by atoms with E-state index in [1.165, 1.54) is 0 Å². The lowest BCUT2D eigenvalue weighted by Crippen LogP contribution is -2.33. The van der Waals surface area contributed by atoms with E-state index in [2.05, 4.69) is 5.32 Å². The largest absolute Gasteiger partial charge is 0.417 e. The van der Waals surface area contributed by atoms with Gasteiger partial charge in [0.15, 0.2) is 0 Å². The van der Waals surface area contributed by atoms with Crippen molar-refractivity contribution in [2.75, 3.05) is 26.2 Å². The van der Waals surface area contributed by atoms with Crippen molar-refractivity contribution in [2.24, 2.45) is 11.8 Å². The molecule has 0 saturated carbocycles. The van der Waals surface area contributed by atoms with E-state index in [1.54, 1.807) is 0 Å². The minimum atomic E-state index is -5.01. The molecule has 2 heterocycles. The van der Waals surface area contributed by atoms with Gasteiger partial charge in [0.05, 0.1) is 15.4 Å². The van der Waals surface area contributed by atoms with E-state index in [9.17, 15) is 31.7 Å². The average molecular weight is 365 g/mol. The number of non-ortho nitro benzene ring substituents is 1. The lowest BCUT2D eigenvalue weighted by molar-refractivity contribution is -0.385. The second-order valence-corrected chi connectivity index (χ2v) is 7.84. The first-order valence-electron chi connectivity index (χ1n) is 7.17. The van der Waals surface area contributed by atoms with Gasteiger partial charge in [-0.3, -0.25) is 10.1 Å². The summed E-state index contributed by atoms with van der Waals surface area (Å²) < 4.78 is 66.0. The Morgan fingerprint density at radius 1 is 1.21 bits per heavy atom. The predicted molar refractivity (Wildman–Crippen MR) is 76.7 cm³/mol. The van der Waals surface area contributed by atoms with E-state index < -0.39 is 37.3 Å². The number of nitrogens with one attached hydrogen (secondary N) is 1. The highest BCUT2D eigenvalue weighted by Crippen LogP contribution is 2.39. The summed E-state index contributed by atoms with van der Waals surface area (Å²) in [7, 11) is -4.37. The summed E-state index contributed by atoms with van der Waals surface area (Å²) in [5.41, 5.74) is -2.31. The van der Waals surface area contributed by atoms with E-state index in [4.69, 9.17) is 0 Å². The van der Waals surface area contributed by atoms with Crippen LogP contribution in [0.3, 0.4) is 0 Å². The zero-order chi connectivity index (χ0) is 17.7. The highest BCUT2D eigenvalue weighted by molar-refractivity contribution is 7.89. The third kappa shape index (κ3) is 2.87. The number of fused-ring (bicyclic) bond motifs is 1. The van der Waals surface area contributed by atoms with Gasteiger partial charge in [0, 0.05) is 25.2 Å². The summed E-state index contributed by atoms with van der Waals surface area (Å²) in [4.78, 5) is 8.78. The van der Waals surface area contributed by atoms with Gasteiger partial charge in [0.1, 0.15) is 0 Å². The predicted octanol–water partition coefficient (Wildman–Crippen LogP) is 1.45. The minimum absolute atomic E-state index is 0.0761. The van der Waals surface area contributed by atoms with Crippen LogP contribution in [-0.4, -0.2) is 43.8 Å². The van der Waals surface area contributed by atoms with E-state index >= 15 is 0 Å². The van der Waals surface area contributed by atoms with Crippen LogP contribution in [0, 0.1) is 22.0 Å². The lowest BCUT2D eigenvalue weighted by Gasteiger charge is -2.20. The van der Waals surface area contributed by atoms with Gasteiger partial charge in [-0.2, -0.15) is 17.5 Å². The molecule has 0 amide bonds. The highest BCUT2D eigenvalue weighted by atomic mass is 32.2. The number of sulfonamides is 1. The van der Waals surface area contributed by atoms with Crippen LogP contribution >= 0.6 is 0 Å². The Balaban J connectivity index is 2.03. The number of alkyl halides is 3. The molecule has 2 aliphatic rings. The molecule has 132 valence electrons. The Kier molecular flexibility index (Phi) is 4.04. The molecule has 0 spiro atoms. The molecule has 1 aromatic carbocycles. The molecule has 1 aromatic rings. The second-order valence-electron chi connectivity index (χ2n) is 5.94. The molecule has 0 radical (unpaired) electrons. The van der Waals surface area contributed by atoms with Gasteiger partial charge in [-0.25, -0.2) is 8.42 Å². The van der Waals surface area contributed by atoms with Crippen molar-refractivity contribution in [2.45, 2.75) is 11.1 Å². The molecule has 1 N–H and O–H groups in total. The first-order chi connectivity index (χ1) is 11.1. The van der Waals surface area contributed by atoms with Crippen molar-refractivity contribution < 1.29 is 26.5 Å². The van der Waals surface area contributed by atoms with Crippen LogP contribution in [0.4, 0.5) is 18.9 Å². The summed E-state index contributed by atoms with van der Waals surface area (Å²) >= 11 is 0. The van der Waals surface area contributed by atoms with E-state index in [-0.39, 0.29) is 31.0 Å². The van der Waals surface area contributed by atoms with Gasteiger partial charge < -0.3 is 5.32 Å². The third-order valence-electron chi connectivity index (χ3n) is 4.45. The molecular formula is C13H14F3N3O4S. The van der Waals surface area contributed by atoms with Crippen LogP contribution in [-0.2, 0) is 16.2 Å². The number of rotatable bonds is 3. The maximum atomic E-state index is 13.2. The number of benzene rings is 1. The van der Waals surface area contributed by atoms with E-state index in [0.29, 0.717) is 19.2 Å². The first-order valence-corrected chi connectivity index (χ1v) is 8.61. The van der Waals surface area contributed by atoms with Crippen molar-refractivity contribution in [1.29, 1.82) is 0 Å². The fourth-order valence-electron chi connectivity index (χ4n) is 3.23. The van der Waals surface area contributed by atoms with Crippen LogP contribution in [0.25, 0.3) is 0 Å². The van der Waals surface area contributed by atoms with Gasteiger partial charge in [-0.15, -0.1) is 0 Å². The van der Waals surface area contributed by atoms with Crippen molar-refractivity contribution >= 4 is 15.7 Å². The van der Waals surface area contributed by atoms with Gasteiger partial charge in [-0.1, -0.05) is 0 Å². The van der Waals surface area contributed by atoms with E-state index in [1.807, 2.05) is 0 Å². The van der Waals surface area contributed by atoms with Gasteiger partial charge in [-0.05, 0) is 31.0 Å². The molecule has 2 atom stereocenters. The summed E-state index contributed by atoms with van der Waals surface area (Å²) in [6.45, 7) is 1.55. The zero-order valence-corrected chi connectivity index (χ0v) is 13.1. The number of nitro groups is 1. The van der Waals surface area contributed by atoms with Crippen LogP contribution in [0.5, 0.6) is 0 Å². The normalized spacial score (nSPS) is 25.0. The Hall–Kier alpha value is -1.72. The fourth-order valence-corrected chi connectivity index (χ4v) is 4.97. The molecule has 11 heteroatoms. The topological polar surface area (TPSA) is 92.5 Å². The van der Waals surface area contributed by atoms with Gasteiger partial charge in [0.2, 0.25) is 10.0 Å². The number of hydrogen-bond donors (Lipinski definition) is 1. The summed E-state index contributed by atoms with van der Waals surface area (Å²) in [5, 5.41) is 13.8. The summed E-state index contributed by atoms with van der Waals surface area (Å²) in [6, 6.07) is 1.72. The van der Waals surface area contributed by atoms with Crippen molar-refractivity contribution in [3.8, 4) is 0 Å².